The topological polar surface area (TPSA) is 107 Å². The predicted molar refractivity (Wildman–Crippen MR) is 87.8 cm³/mol. The first kappa shape index (κ1) is 19.7. The van der Waals surface area contributed by atoms with Gasteiger partial charge in [-0.3, -0.25) is 9.59 Å². The fourth-order valence-corrected chi connectivity index (χ4v) is 5.03. The first-order valence-corrected chi connectivity index (χ1v) is 9.58. The zero-order valence-corrected chi connectivity index (χ0v) is 16.4. The highest BCUT2D eigenvalue weighted by molar-refractivity contribution is 7.93. The fraction of sp³-hybridized carbons (Fsp3) is 0.812. The average molecular weight is 375 g/mol. The Balaban J connectivity index is 2.23. The summed E-state index contributed by atoms with van der Waals surface area (Å²) in [7, 11) is -3.70. The van der Waals surface area contributed by atoms with Gasteiger partial charge >= 0.3 is 11.9 Å². The lowest BCUT2D eigenvalue weighted by molar-refractivity contribution is -0.226. The summed E-state index contributed by atoms with van der Waals surface area (Å²) in [5, 5.41) is -0.993. The average Bonchev–Trinajstić information content (AvgIpc) is 2.50. The van der Waals surface area contributed by atoms with Crippen LogP contribution in [0.15, 0.2) is 0 Å². The molecule has 1 amide bonds. The first-order chi connectivity index (χ1) is 11.0. The van der Waals surface area contributed by atoms with Crippen molar-refractivity contribution in [1.29, 1.82) is 0 Å². The summed E-state index contributed by atoms with van der Waals surface area (Å²) in [6.07, 6.45) is -0.127. The van der Waals surface area contributed by atoms with Gasteiger partial charge in [0.1, 0.15) is 11.4 Å². The van der Waals surface area contributed by atoms with Gasteiger partial charge in [0.2, 0.25) is 5.91 Å². The van der Waals surface area contributed by atoms with Crippen LogP contribution in [0.1, 0.15) is 54.9 Å². The molecule has 2 fully saturated rings. The lowest BCUT2D eigenvalue weighted by Gasteiger charge is -2.37. The van der Waals surface area contributed by atoms with Crippen molar-refractivity contribution >= 4 is 27.7 Å². The molecule has 2 aliphatic rings. The van der Waals surface area contributed by atoms with E-state index in [-0.39, 0.29) is 6.42 Å². The van der Waals surface area contributed by atoms with E-state index in [0.29, 0.717) is 0 Å². The third-order valence-corrected chi connectivity index (χ3v) is 7.30. The number of ether oxygens (including phenoxy) is 2. The maximum Gasteiger partial charge on any atom is 0.333 e. The molecule has 0 unspecified atom stereocenters. The third kappa shape index (κ3) is 3.02. The Hall–Kier alpha value is -1.64. The number of hydrogen-bond acceptors (Lipinski definition) is 7. The number of carbonyl (C=O) groups excluding carboxylic acids is 3. The van der Waals surface area contributed by atoms with Gasteiger partial charge in [-0.25, -0.2) is 13.2 Å². The van der Waals surface area contributed by atoms with Gasteiger partial charge in [-0.05, 0) is 34.6 Å². The molecule has 2 aliphatic heterocycles. The normalized spacial score (nSPS) is 27.3. The number of rotatable bonds is 3. The van der Waals surface area contributed by atoms with Crippen LogP contribution in [-0.4, -0.2) is 53.1 Å². The fourth-order valence-electron chi connectivity index (χ4n) is 2.90. The Morgan fingerprint density at radius 2 is 1.64 bits per heavy atom. The second-order valence-corrected chi connectivity index (χ2v) is 11.2. The number of hydrogen-bond donors (Lipinski definition) is 0. The van der Waals surface area contributed by atoms with Gasteiger partial charge in [0.15, 0.2) is 9.84 Å². The van der Waals surface area contributed by atoms with E-state index >= 15 is 0 Å². The third-order valence-electron chi connectivity index (χ3n) is 4.50. The summed E-state index contributed by atoms with van der Waals surface area (Å²) in [5.41, 5.74) is -0.793. The van der Waals surface area contributed by atoms with Crippen molar-refractivity contribution in [2.75, 3.05) is 0 Å². The molecule has 0 radical (unpaired) electrons. The molecule has 0 N–H and O–H groups in total. The van der Waals surface area contributed by atoms with Crippen LogP contribution in [0.25, 0.3) is 0 Å². The number of amides is 1. The maximum absolute atomic E-state index is 12.7. The number of nitrogens with zero attached hydrogens (tertiary/aromatic N) is 1. The summed E-state index contributed by atoms with van der Waals surface area (Å²) >= 11 is 0. The second-order valence-electron chi connectivity index (χ2n) is 8.47. The van der Waals surface area contributed by atoms with Crippen molar-refractivity contribution in [2.24, 2.45) is 5.41 Å². The smallest absolute Gasteiger partial charge is 0.333 e. The molecule has 2 heterocycles. The van der Waals surface area contributed by atoms with Crippen LogP contribution < -0.4 is 0 Å². The van der Waals surface area contributed by atoms with E-state index in [9.17, 15) is 22.8 Å². The zero-order chi connectivity index (χ0) is 19.6. The van der Waals surface area contributed by atoms with Gasteiger partial charge in [-0.1, -0.05) is 0 Å². The predicted octanol–water partition coefficient (Wildman–Crippen LogP) is 0.989. The van der Waals surface area contributed by atoms with Crippen molar-refractivity contribution in [3.05, 3.63) is 0 Å². The Bertz CT molecular complexity index is 730. The minimum absolute atomic E-state index is 0.127. The van der Waals surface area contributed by atoms with Crippen LogP contribution in [-0.2, 0) is 33.7 Å². The molecular formula is C16H25NO7S. The van der Waals surface area contributed by atoms with Gasteiger partial charge in [-0.15, -0.1) is 0 Å². The summed E-state index contributed by atoms with van der Waals surface area (Å²) in [4.78, 5) is 37.6. The van der Waals surface area contributed by atoms with E-state index < -0.39 is 55.0 Å². The van der Waals surface area contributed by atoms with Crippen LogP contribution >= 0.6 is 0 Å². The number of esters is 2. The SMILES string of the molecule is CC(C)(OC(=O)[C@@H]1N2C(=O)C[C@H]2S(=O)(=O)C1(C)C)OC(=O)C(C)(C)C. The summed E-state index contributed by atoms with van der Waals surface area (Å²) in [6.45, 7) is 10.5. The lowest BCUT2D eigenvalue weighted by atomic mass is 9.97. The van der Waals surface area contributed by atoms with E-state index in [0.717, 1.165) is 4.90 Å². The lowest BCUT2D eigenvalue weighted by Crippen LogP contribution is -2.58. The summed E-state index contributed by atoms with van der Waals surface area (Å²) in [6, 6.07) is -1.27. The van der Waals surface area contributed by atoms with Crippen molar-refractivity contribution in [3.8, 4) is 0 Å². The van der Waals surface area contributed by atoms with E-state index in [1.54, 1.807) is 20.8 Å². The van der Waals surface area contributed by atoms with Crippen LogP contribution in [0.4, 0.5) is 0 Å². The number of sulfone groups is 1. The number of fused-ring (bicyclic) bond motifs is 1. The van der Waals surface area contributed by atoms with E-state index in [1.807, 2.05) is 0 Å². The first-order valence-electron chi connectivity index (χ1n) is 8.03. The van der Waals surface area contributed by atoms with Gasteiger partial charge in [0, 0.05) is 13.8 Å². The van der Waals surface area contributed by atoms with Crippen LogP contribution in [0, 0.1) is 5.41 Å². The number of carbonyl (C=O) groups is 3. The molecule has 142 valence electrons. The number of β-lactam (4-membered cyclic amide) rings is 1. The van der Waals surface area contributed by atoms with Crippen molar-refractivity contribution < 1.29 is 32.3 Å². The van der Waals surface area contributed by atoms with Gasteiger partial charge in [-0.2, -0.15) is 0 Å². The highest BCUT2D eigenvalue weighted by Gasteiger charge is 2.68. The molecule has 25 heavy (non-hydrogen) atoms. The van der Waals surface area contributed by atoms with Gasteiger partial charge in [0.25, 0.3) is 5.79 Å². The highest BCUT2D eigenvalue weighted by atomic mass is 32.2. The largest absolute Gasteiger partial charge is 0.423 e. The standard InChI is InChI=1S/C16H25NO7S/c1-14(2,3)13(20)24-16(6,7)23-12(19)11-15(4,5)25(21,22)10-8-9(18)17(10)11/h10-11H,8H2,1-7H3/t10-,11+/m1/s1. The minimum Gasteiger partial charge on any atom is -0.423 e. The molecule has 0 saturated carbocycles. The Morgan fingerprint density at radius 1 is 1.12 bits per heavy atom. The molecule has 8 nitrogen and oxygen atoms in total. The van der Waals surface area contributed by atoms with Crippen LogP contribution in [0.2, 0.25) is 0 Å². The molecule has 2 rings (SSSR count). The van der Waals surface area contributed by atoms with Crippen LogP contribution in [0.3, 0.4) is 0 Å². The molecule has 0 spiro atoms. The van der Waals surface area contributed by atoms with Gasteiger partial charge < -0.3 is 14.4 Å². The molecule has 0 aromatic rings. The molecule has 0 aromatic carbocycles. The molecule has 2 atom stereocenters. The Kier molecular flexibility index (Phi) is 4.27. The van der Waals surface area contributed by atoms with Crippen molar-refractivity contribution in [1.82, 2.24) is 4.90 Å². The van der Waals surface area contributed by atoms with Crippen molar-refractivity contribution in [3.63, 3.8) is 0 Å². The zero-order valence-electron chi connectivity index (χ0n) is 15.6. The molecule has 0 aromatic heterocycles. The minimum atomic E-state index is -3.70. The van der Waals surface area contributed by atoms with E-state index in [4.69, 9.17) is 9.47 Å². The molecular weight excluding hydrogens is 350 g/mol. The van der Waals surface area contributed by atoms with Gasteiger partial charge in [0.05, 0.1) is 16.6 Å². The maximum atomic E-state index is 12.7. The van der Waals surface area contributed by atoms with Crippen molar-refractivity contribution in [2.45, 2.75) is 76.8 Å². The molecule has 0 aliphatic carbocycles. The molecule has 0 bridgehead atoms. The highest BCUT2D eigenvalue weighted by Crippen LogP contribution is 2.46. The summed E-state index contributed by atoms with van der Waals surface area (Å²) < 4.78 is 34.1. The quantitative estimate of drug-likeness (QED) is 0.411. The molecule has 9 heteroatoms. The Labute approximate surface area is 147 Å². The Morgan fingerprint density at radius 3 is 2.08 bits per heavy atom. The van der Waals surface area contributed by atoms with Crippen LogP contribution in [0.5, 0.6) is 0 Å². The molecule has 2 saturated heterocycles. The monoisotopic (exact) mass is 375 g/mol. The van der Waals surface area contributed by atoms with E-state index in [1.165, 1.54) is 27.7 Å². The summed E-state index contributed by atoms with van der Waals surface area (Å²) in [5.74, 6) is -3.48. The second kappa shape index (κ2) is 5.43. The van der Waals surface area contributed by atoms with E-state index in [2.05, 4.69) is 0 Å².